The van der Waals surface area contributed by atoms with Gasteiger partial charge in [-0.25, -0.2) is 4.39 Å². The topological polar surface area (TPSA) is 84.5 Å². The van der Waals surface area contributed by atoms with Gasteiger partial charge in [0.2, 0.25) is 5.91 Å². The summed E-state index contributed by atoms with van der Waals surface area (Å²) in [7, 11) is 0. The molecular weight excluding hydrogens is 411 g/mol. The summed E-state index contributed by atoms with van der Waals surface area (Å²) in [5.41, 5.74) is 3.56. The third-order valence-corrected chi connectivity index (χ3v) is 5.97. The number of halogens is 1. The molecule has 2 amide bonds. The molecule has 1 aliphatic rings. The summed E-state index contributed by atoms with van der Waals surface area (Å²) in [5.74, 6) is -1.78. The minimum absolute atomic E-state index is 0.230. The highest BCUT2D eigenvalue weighted by Gasteiger charge is 2.44. The van der Waals surface area contributed by atoms with Crippen molar-refractivity contribution in [3.8, 4) is 0 Å². The number of aryl methyl sites for hydroxylation is 3. The maximum Gasteiger partial charge on any atom is 0.317 e. The van der Waals surface area contributed by atoms with Crippen molar-refractivity contribution < 1.29 is 23.5 Å². The van der Waals surface area contributed by atoms with E-state index in [0.29, 0.717) is 18.4 Å². The van der Waals surface area contributed by atoms with E-state index in [1.54, 1.807) is 12.1 Å². The molecule has 0 spiro atoms. The lowest BCUT2D eigenvalue weighted by Crippen LogP contribution is -2.39. The van der Waals surface area contributed by atoms with Crippen LogP contribution in [0.4, 0.5) is 10.1 Å². The summed E-state index contributed by atoms with van der Waals surface area (Å²) in [5, 5.41) is 5.29. The van der Waals surface area contributed by atoms with Gasteiger partial charge in [0.05, 0.1) is 12.0 Å². The number of rotatable bonds is 7. The number of esters is 1. The van der Waals surface area contributed by atoms with E-state index in [4.69, 9.17) is 4.74 Å². The molecule has 0 unspecified atom stereocenters. The van der Waals surface area contributed by atoms with Gasteiger partial charge in [-0.1, -0.05) is 42.7 Å². The van der Waals surface area contributed by atoms with E-state index in [1.165, 1.54) is 12.1 Å². The van der Waals surface area contributed by atoms with Gasteiger partial charge >= 0.3 is 5.97 Å². The number of amides is 2. The first kappa shape index (κ1) is 23.4. The monoisotopic (exact) mass is 440 g/mol. The second kappa shape index (κ2) is 9.94. The van der Waals surface area contributed by atoms with Crippen molar-refractivity contribution in [2.24, 2.45) is 0 Å². The molecule has 1 fully saturated rings. The third-order valence-electron chi connectivity index (χ3n) is 5.97. The highest BCUT2D eigenvalue weighted by atomic mass is 19.1. The molecule has 0 aromatic heterocycles. The molecule has 1 saturated carbocycles. The molecule has 0 aliphatic heterocycles. The first-order valence-electron chi connectivity index (χ1n) is 10.8. The highest BCUT2D eigenvalue weighted by Crippen LogP contribution is 2.42. The van der Waals surface area contributed by atoms with E-state index in [0.717, 1.165) is 35.2 Å². The van der Waals surface area contributed by atoms with Gasteiger partial charge < -0.3 is 15.4 Å². The average molecular weight is 441 g/mol. The van der Waals surface area contributed by atoms with Gasteiger partial charge in [0.1, 0.15) is 5.82 Å². The van der Waals surface area contributed by atoms with Gasteiger partial charge in [-0.05, 0) is 62.4 Å². The Morgan fingerprint density at radius 1 is 0.969 bits per heavy atom. The summed E-state index contributed by atoms with van der Waals surface area (Å²) in [6, 6.07) is 9.79. The first-order chi connectivity index (χ1) is 15.2. The van der Waals surface area contributed by atoms with E-state index in [-0.39, 0.29) is 18.3 Å². The Morgan fingerprint density at radius 2 is 1.56 bits per heavy atom. The van der Waals surface area contributed by atoms with Crippen LogP contribution in [0.15, 0.2) is 36.4 Å². The normalized spacial score (nSPS) is 14.6. The number of ether oxygens (including phenoxy) is 1. The average Bonchev–Trinajstić information content (AvgIpc) is 3.24. The number of hydrogen-bond donors (Lipinski definition) is 2. The van der Waals surface area contributed by atoms with Crippen molar-refractivity contribution in [3.05, 3.63) is 64.5 Å². The summed E-state index contributed by atoms with van der Waals surface area (Å²) < 4.78 is 18.6. The van der Waals surface area contributed by atoms with Gasteiger partial charge in [0, 0.05) is 5.69 Å². The molecule has 7 heteroatoms. The number of benzene rings is 2. The van der Waals surface area contributed by atoms with Gasteiger partial charge in [-0.2, -0.15) is 0 Å². The smallest absolute Gasteiger partial charge is 0.317 e. The fourth-order valence-electron chi connectivity index (χ4n) is 4.42. The van der Waals surface area contributed by atoms with Gasteiger partial charge in [-0.3, -0.25) is 14.4 Å². The van der Waals surface area contributed by atoms with Crippen LogP contribution in [0.25, 0.3) is 0 Å². The van der Waals surface area contributed by atoms with E-state index >= 15 is 0 Å². The van der Waals surface area contributed by atoms with E-state index in [2.05, 4.69) is 10.6 Å². The van der Waals surface area contributed by atoms with Gasteiger partial charge in [0.15, 0.2) is 6.61 Å². The molecule has 1 aliphatic carbocycles. The lowest BCUT2D eigenvalue weighted by molar-refractivity contribution is -0.154. The first-order valence-corrected chi connectivity index (χ1v) is 10.8. The van der Waals surface area contributed by atoms with E-state index in [9.17, 15) is 18.8 Å². The summed E-state index contributed by atoms with van der Waals surface area (Å²) in [6.45, 7) is 5.10. The zero-order valence-corrected chi connectivity index (χ0v) is 18.7. The van der Waals surface area contributed by atoms with Crippen LogP contribution in [-0.4, -0.2) is 30.9 Å². The predicted octanol–water partition coefficient (Wildman–Crippen LogP) is 3.86. The maximum absolute atomic E-state index is 13.3. The summed E-state index contributed by atoms with van der Waals surface area (Å²) >= 11 is 0. The Morgan fingerprint density at radius 3 is 2.16 bits per heavy atom. The molecule has 0 bridgehead atoms. The number of carbonyl (C=O) groups excluding carboxylic acids is 3. The lowest BCUT2D eigenvalue weighted by Gasteiger charge is -2.27. The number of carbonyl (C=O) groups is 3. The number of anilines is 1. The van der Waals surface area contributed by atoms with Crippen LogP contribution >= 0.6 is 0 Å². The van der Waals surface area contributed by atoms with Crippen LogP contribution in [-0.2, 0) is 24.5 Å². The van der Waals surface area contributed by atoms with Crippen molar-refractivity contribution >= 4 is 23.5 Å². The molecule has 0 heterocycles. The number of nitrogens with one attached hydrogen (secondary N) is 2. The molecule has 2 aromatic rings. The molecular formula is C25H29FN2O4. The Labute approximate surface area is 187 Å². The quantitative estimate of drug-likeness (QED) is 0.641. The standard InChI is InChI=1S/C25H29FN2O4/c1-16-12-17(2)23(18(3)13-16)28-21(29)14-27-22(30)15-32-24(31)25(10-4-5-11-25)19-6-8-20(26)9-7-19/h6-9,12-13H,4-5,10-11,14-15H2,1-3H3,(H,27,30)(H,28,29). The van der Waals surface area contributed by atoms with Crippen molar-refractivity contribution in [1.29, 1.82) is 0 Å². The molecule has 3 rings (SSSR count). The molecule has 170 valence electrons. The van der Waals surface area contributed by atoms with E-state index in [1.807, 2.05) is 32.9 Å². The van der Waals surface area contributed by atoms with Crippen LogP contribution in [0.3, 0.4) is 0 Å². The van der Waals surface area contributed by atoms with Crippen molar-refractivity contribution in [2.75, 3.05) is 18.5 Å². The van der Waals surface area contributed by atoms with E-state index < -0.39 is 23.9 Å². The van der Waals surface area contributed by atoms with Crippen LogP contribution < -0.4 is 10.6 Å². The zero-order valence-electron chi connectivity index (χ0n) is 18.7. The Hall–Kier alpha value is -3.22. The Kier molecular flexibility index (Phi) is 7.28. The van der Waals surface area contributed by atoms with Crippen molar-refractivity contribution in [1.82, 2.24) is 5.32 Å². The van der Waals surface area contributed by atoms with Crippen molar-refractivity contribution in [2.45, 2.75) is 51.9 Å². The largest absolute Gasteiger partial charge is 0.455 e. The second-order valence-electron chi connectivity index (χ2n) is 8.47. The zero-order chi connectivity index (χ0) is 23.3. The molecule has 0 atom stereocenters. The maximum atomic E-state index is 13.3. The summed E-state index contributed by atoms with van der Waals surface area (Å²) in [6.07, 6.45) is 2.90. The van der Waals surface area contributed by atoms with Crippen LogP contribution in [0, 0.1) is 26.6 Å². The minimum Gasteiger partial charge on any atom is -0.455 e. The molecule has 0 saturated heterocycles. The fourth-order valence-corrected chi connectivity index (χ4v) is 4.42. The molecule has 0 radical (unpaired) electrons. The van der Waals surface area contributed by atoms with Gasteiger partial charge in [0.25, 0.3) is 5.91 Å². The molecule has 2 aromatic carbocycles. The second-order valence-corrected chi connectivity index (χ2v) is 8.47. The van der Waals surface area contributed by atoms with Crippen LogP contribution in [0.2, 0.25) is 0 Å². The lowest BCUT2D eigenvalue weighted by atomic mass is 9.79. The minimum atomic E-state index is -0.855. The fraction of sp³-hybridized carbons (Fsp3) is 0.400. The van der Waals surface area contributed by atoms with Crippen LogP contribution in [0.5, 0.6) is 0 Å². The SMILES string of the molecule is Cc1cc(C)c(NC(=O)CNC(=O)COC(=O)C2(c3ccc(F)cc3)CCCC2)c(C)c1. The third kappa shape index (κ3) is 5.33. The Bertz CT molecular complexity index is 988. The molecule has 2 N–H and O–H groups in total. The van der Waals surface area contributed by atoms with Crippen molar-refractivity contribution in [3.63, 3.8) is 0 Å². The predicted molar refractivity (Wildman–Crippen MR) is 120 cm³/mol. The number of hydrogen-bond acceptors (Lipinski definition) is 4. The van der Waals surface area contributed by atoms with Crippen LogP contribution in [0.1, 0.15) is 47.9 Å². The van der Waals surface area contributed by atoms with Gasteiger partial charge in [-0.15, -0.1) is 0 Å². The molecule has 6 nitrogen and oxygen atoms in total. The highest BCUT2D eigenvalue weighted by molar-refractivity contribution is 5.96. The molecule has 32 heavy (non-hydrogen) atoms. The summed E-state index contributed by atoms with van der Waals surface area (Å²) in [4.78, 5) is 37.3. The Balaban J connectivity index is 1.52.